The molecule has 8 fully saturated rings. The normalized spacial score (nSPS) is 53.3. The minimum atomic E-state index is 0.518. The van der Waals surface area contributed by atoms with Gasteiger partial charge in [0.1, 0.15) is 0 Å². The first kappa shape index (κ1) is 35.1. The van der Waals surface area contributed by atoms with E-state index in [9.17, 15) is 0 Å². The van der Waals surface area contributed by atoms with Gasteiger partial charge >= 0.3 is 0 Å². The average Bonchev–Trinajstić information content (AvgIpc) is 3.60. The number of hydrogen-bond donors (Lipinski definition) is 0. The Bertz CT molecular complexity index is 1100. The fraction of sp³-hybridized carbons (Fsp3) is 1.00. The molecule has 17 atom stereocenters. The lowest BCUT2D eigenvalue weighted by Crippen LogP contribution is -2.54. The SMILES string of the molecule is CCC(C)(CC)C1CC(C(C)(CC)CC)CC2(C1)C1CCC3CC4CCC5CCCCC5C4C3C1C1CC(C)C3C(C)CC(C)CC3C12. The van der Waals surface area contributed by atoms with Crippen LogP contribution in [0.1, 0.15) is 184 Å². The van der Waals surface area contributed by atoms with Crippen LogP contribution in [0.5, 0.6) is 0 Å². The highest BCUT2D eigenvalue weighted by Gasteiger charge is 2.71. The summed E-state index contributed by atoms with van der Waals surface area (Å²) >= 11 is 0. The summed E-state index contributed by atoms with van der Waals surface area (Å²) in [5.74, 6) is 17.7. The molecule has 8 aliphatic carbocycles. The van der Waals surface area contributed by atoms with Crippen molar-refractivity contribution in [2.24, 2.45) is 117 Å². The molecule has 274 valence electrons. The topological polar surface area (TPSA) is 0 Å². The van der Waals surface area contributed by atoms with Crippen molar-refractivity contribution >= 4 is 0 Å². The van der Waals surface area contributed by atoms with Gasteiger partial charge in [0.15, 0.2) is 0 Å². The number of fused-ring (bicyclic) bond motifs is 13. The third-order valence-electron chi connectivity index (χ3n) is 21.0. The van der Waals surface area contributed by atoms with Gasteiger partial charge in [-0.2, -0.15) is 0 Å². The van der Waals surface area contributed by atoms with E-state index in [0.717, 1.165) is 101 Å². The zero-order valence-electron chi connectivity index (χ0n) is 33.7. The lowest BCUT2D eigenvalue weighted by molar-refractivity contribution is -0.124. The van der Waals surface area contributed by atoms with Crippen LogP contribution in [0.25, 0.3) is 0 Å². The first-order valence-electron chi connectivity index (χ1n) is 23.0. The van der Waals surface area contributed by atoms with Gasteiger partial charge in [0.2, 0.25) is 0 Å². The van der Waals surface area contributed by atoms with Crippen LogP contribution in [0, 0.1) is 117 Å². The molecule has 0 aromatic heterocycles. The Kier molecular flexibility index (Phi) is 9.38. The quantitative estimate of drug-likeness (QED) is 0.266. The van der Waals surface area contributed by atoms with E-state index in [1.165, 1.54) is 32.1 Å². The van der Waals surface area contributed by atoms with Crippen LogP contribution in [-0.4, -0.2) is 0 Å². The Morgan fingerprint density at radius 1 is 0.500 bits per heavy atom. The van der Waals surface area contributed by atoms with E-state index in [4.69, 9.17) is 0 Å². The third-order valence-corrected chi connectivity index (χ3v) is 21.0. The standard InChI is InChI=1S/C48H82/c1-10-46(8,11-2)35-26-36(47(9,12-3)13-4)28-48(27-35)40-21-20-34-25-33-19-18-32-16-14-15-17-37(32)42(33)43(34)44(40)39-24-31(7)41-30(6)22-29(5)23-38(41)45(39)48/h29-45H,10-28H2,1-9H3. The summed E-state index contributed by atoms with van der Waals surface area (Å²) in [6.07, 6.45) is 29.5. The molecule has 0 heterocycles. The zero-order valence-corrected chi connectivity index (χ0v) is 33.7. The summed E-state index contributed by atoms with van der Waals surface area (Å²) in [6.45, 7) is 24.1. The first-order valence-corrected chi connectivity index (χ1v) is 23.0. The highest BCUT2D eigenvalue weighted by Crippen LogP contribution is 2.78. The molecule has 0 radical (unpaired) electrons. The van der Waals surface area contributed by atoms with Gasteiger partial charge in [-0.25, -0.2) is 0 Å². The second kappa shape index (κ2) is 12.8. The van der Waals surface area contributed by atoms with Crippen LogP contribution >= 0.6 is 0 Å². The van der Waals surface area contributed by atoms with Crippen molar-refractivity contribution in [2.75, 3.05) is 0 Å². The molecule has 8 aliphatic rings. The van der Waals surface area contributed by atoms with Crippen molar-refractivity contribution in [3.63, 3.8) is 0 Å². The maximum atomic E-state index is 2.79. The molecule has 8 saturated carbocycles. The Balaban J connectivity index is 1.28. The molecule has 0 aromatic rings. The summed E-state index contributed by atoms with van der Waals surface area (Å²) in [5, 5.41) is 0. The lowest BCUT2D eigenvalue weighted by Gasteiger charge is -2.61. The van der Waals surface area contributed by atoms with Gasteiger partial charge in [0.05, 0.1) is 0 Å². The predicted molar refractivity (Wildman–Crippen MR) is 205 cm³/mol. The Morgan fingerprint density at radius 2 is 1.06 bits per heavy atom. The van der Waals surface area contributed by atoms with Gasteiger partial charge < -0.3 is 0 Å². The lowest BCUT2D eigenvalue weighted by atomic mass is 9.43. The van der Waals surface area contributed by atoms with Crippen LogP contribution in [-0.2, 0) is 0 Å². The van der Waals surface area contributed by atoms with E-state index < -0.39 is 0 Å². The van der Waals surface area contributed by atoms with Crippen LogP contribution in [0.3, 0.4) is 0 Å². The summed E-state index contributed by atoms with van der Waals surface area (Å²) in [4.78, 5) is 0. The average molecular weight is 659 g/mol. The smallest absolute Gasteiger partial charge is 0.0227 e. The molecule has 48 heavy (non-hydrogen) atoms. The summed E-state index contributed by atoms with van der Waals surface area (Å²) in [7, 11) is 0. The van der Waals surface area contributed by atoms with Crippen molar-refractivity contribution in [1.82, 2.24) is 0 Å². The monoisotopic (exact) mass is 659 g/mol. The minimum absolute atomic E-state index is 0.518. The maximum absolute atomic E-state index is 2.79. The van der Waals surface area contributed by atoms with Crippen molar-refractivity contribution in [2.45, 2.75) is 184 Å². The summed E-state index contributed by atoms with van der Waals surface area (Å²) < 4.78 is 0. The fourth-order valence-electron chi connectivity index (χ4n) is 18.4. The molecular weight excluding hydrogens is 577 g/mol. The third kappa shape index (κ3) is 5.11. The Hall–Kier alpha value is 0. The maximum Gasteiger partial charge on any atom is -0.0227 e. The molecule has 0 bridgehead atoms. The highest BCUT2D eigenvalue weighted by atomic mass is 14.8. The molecule has 0 aromatic carbocycles. The number of hydrogen-bond acceptors (Lipinski definition) is 0. The molecular formula is C48H82. The van der Waals surface area contributed by atoms with Crippen LogP contribution in [0.15, 0.2) is 0 Å². The first-order chi connectivity index (χ1) is 23.0. The molecule has 8 rings (SSSR count). The molecule has 0 amide bonds. The van der Waals surface area contributed by atoms with Crippen LogP contribution in [0.4, 0.5) is 0 Å². The summed E-state index contributed by atoms with van der Waals surface area (Å²) in [6, 6.07) is 0. The van der Waals surface area contributed by atoms with Crippen molar-refractivity contribution < 1.29 is 0 Å². The van der Waals surface area contributed by atoms with Gasteiger partial charge in [-0.15, -0.1) is 0 Å². The van der Waals surface area contributed by atoms with Crippen molar-refractivity contribution in [1.29, 1.82) is 0 Å². The van der Waals surface area contributed by atoms with E-state index in [1.54, 1.807) is 89.9 Å². The summed E-state index contributed by atoms with van der Waals surface area (Å²) in [5.41, 5.74) is 1.67. The predicted octanol–water partition coefficient (Wildman–Crippen LogP) is 14.1. The highest BCUT2D eigenvalue weighted by molar-refractivity contribution is 5.20. The van der Waals surface area contributed by atoms with E-state index >= 15 is 0 Å². The van der Waals surface area contributed by atoms with E-state index in [0.29, 0.717) is 16.2 Å². The molecule has 0 heteroatoms. The van der Waals surface area contributed by atoms with Gasteiger partial charge in [-0.3, -0.25) is 0 Å². The Morgan fingerprint density at radius 3 is 1.73 bits per heavy atom. The second-order valence-electron chi connectivity index (χ2n) is 22.1. The molecule has 0 saturated heterocycles. The minimum Gasteiger partial charge on any atom is -0.0649 e. The zero-order chi connectivity index (χ0) is 33.7. The fourth-order valence-corrected chi connectivity index (χ4v) is 18.4. The van der Waals surface area contributed by atoms with Gasteiger partial charge in [0.25, 0.3) is 0 Å². The second-order valence-corrected chi connectivity index (χ2v) is 22.1. The molecule has 0 aliphatic heterocycles. The molecule has 1 spiro atoms. The van der Waals surface area contributed by atoms with Gasteiger partial charge in [-0.05, 0) is 194 Å². The van der Waals surface area contributed by atoms with Crippen molar-refractivity contribution in [3.05, 3.63) is 0 Å². The number of rotatable bonds is 6. The molecule has 0 nitrogen and oxygen atoms in total. The van der Waals surface area contributed by atoms with Crippen molar-refractivity contribution in [3.8, 4) is 0 Å². The van der Waals surface area contributed by atoms with E-state index in [1.807, 2.05) is 0 Å². The molecule has 17 unspecified atom stereocenters. The Labute approximate surface area is 300 Å². The molecule has 0 N–H and O–H groups in total. The van der Waals surface area contributed by atoms with E-state index in [2.05, 4.69) is 62.3 Å². The largest absolute Gasteiger partial charge is 0.0649 e. The van der Waals surface area contributed by atoms with Gasteiger partial charge in [-0.1, -0.05) is 107 Å². The van der Waals surface area contributed by atoms with Crippen LogP contribution < -0.4 is 0 Å². The van der Waals surface area contributed by atoms with Crippen LogP contribution in [0.2, 0.25) is 0 Å². The van der Waals surface area contributed by atoms with Gasteiger partial charge in [0, 0.05) is 0 Å². The van der Waals surface area contributed by atoms with E-state index in [-0.39, 0.29) is 0 Å².